The zero-order valence-corrected chi connectivity index (χ0v) is 14.3. The average molecular weight is 343 g/mol. The quantitative estimate of drug-likeness (QED) is 0.894. The molecule has 0 radical (unpaired) electrons. The highest BCUT2D eigenvalue weighted by atomic mass is 79.9. The molecule has 1 aliphatic rings. The molecule has 4 heteroatoms. The first-order chi connectivity index (χ1) is 9.26. The fourth-order valence-electron chi connectivity index (χ4n) is 2.72. The Morgan fingerprint density at radius 2 is 2.05 bits per heavy atom. The van der Waals surface area contributed by atoms with Gasteiger partial charge >= 0.3 is 0 Å². The number of nitrogens with zero attached hydrogens (tertiary/aromatic N) is 1. The van der Waals surface area contributed by atoms with Crippen molar-refractivity contribution in [2.24, 2.45) is 0 Å². The fraction of sp³-hybridized carbons (Fsp3) is 0.625. The van der Waals surface area contributed by atoms with Gasteiger partial charge in [0.15, 0.2) is 0 Å². The summed E-state index contributed by atoms with van der Waals surface area (Å²) in [6, 6.07) is 5.31. The van der Waals surface area contributed by atoms with Crippen molar-refractivity contribution in [1.82, 2.24) is 10.2 Å². The monoisotopic (exact) mass is 342 g/mol. The minimum atomic E-state index is -0.201. The summed E-state index contributed by atoms with van der Waals surface area (Å²) in [7, 11) is 0. The van der Waals surface area contributed by atoms with Gasteiger partial charge in [0.25, 0.3) is 0 Å². The van der Waals surface area contributed by atoms with Gasteiger partial charge in [0.2, 0.25) is 0 Å². The first-order valence-electron chi connectivity index (χ1n) is 7.20. The summed E-state index contributed by atoms with van der Waals surface area (Å²) < 4.78 is 13.9. The molecule has 1 unspecified atom stereocenters. The molecule has 1 N–H and O–H groups in total. The Kier molecular flexibility index (Phi) is 4.57. The topological polar surface area (TPSA) is 15.3 Å². The minimum Gasteiger partial charge on any atom is -0.309 e. The summed E-state index contributed by atoms with van der Waals surface area (Å²) in [5, 5.41) is 3.63. The molecular formula is C16H24BrFN2. The molecule has 0 aliphatic carbocycles. The van der Waals surface area contributed by atoms with Gasteiger partial charge in [-0.2, -0.15) is 0 Å². The summed E-state index contributed by atoms with van der Waals surface area (Å²) in [6.45, 7) is 11.8. The van der Waals surface area contributed by atoms with E-state index in [2.05, 4.69) is 53.8 Å². The second-order valence-electron chi connectivity index (χ2n) is 6.69. The van der Waals surface area contributed by atoms with E-state index in [0.29, 0.717) is 4.47 Å². The molecule has 2 rings (SSSR count). The number of piperazine rings is 1. The standard InChI is InChI=1S/C16H24BrFN2/c1-5-16(4)10-19-15(2,3)11-20(16)9-12-6-7-14(18)13(17)8-12/h6-8,19H,5,9-11H2,1-4H3. The lowest BCUT2D eigenvalue weighted by Crippen LogP contribution is -2.66. The molecule has 1 aromatic rings. The predicted octanol–water partition coefficient (Wildman–Crippen LogP) is 3.94. The van der Waals surface area contributed by atoms with Crippen LogP contribution < -0.4 is 5.32 Å². The van der Waals surface area contributed by atoms with Crippen molar-refractivity contribution in [3.63, 3.8) is 0 Å². The zero-order valence-electron chi connectivity index (χ0n) is 12.8. The number of halogens is 2. The highest BCUT2D eigenvalue weighted by Gasteiger charge is 2.39. The average Bonchev–Trinajstić information content (AvgIpc) is 2.38. The highest BCUT2D eigenvalue weighted by molar-refractivity contribution is 9.10. The maximum Gasteiger partial charge on any atom is 0.137 e. The van der Waals surface area contributed by atoms with Gasteiger partial charge in [-0.3, -0.25) is 4.90 Å². The third-order valence-electron chi connectivity index (χ3n) is 4.42. The lowest BCUT2D eigenvalue weighted by atomic mass is 9.87. The molecule has 0 aromatic heterocycles. The second-order valence-corrected chi connectivity index (χ2v) is 7.55. The Morgan fingerprint density at radius 1 is 1.35 bits per heavy atom. The van der Waals surface area contributed by atoms with Crippen molar-refractivity contribution < 1.29 is 4.39 Å². The Labute approximate surface area is 129 Å². The molecule has 1 aromatic carbocycles. The van der Waals surface area contributed by atoms with E-state index in [-0.39, 0.29) is 16.9 Å². The SMILES string of the molecule is CCC1(C)CNC(C)(C)CN1Cc1ccc(F)c(Br)c1. The molecule has 1 heterocycles. The molecule has 0 bridgehead atoms. The van der Waals surface area contributed by atoms with E-state index in [9.17, 15) is 4.39 Å². The molecular weight excluding hydrogens is 319 g/mol. The molecule has 112 valence electrons. The zero-order chi connectivity index (χ0) is 15.0. The van der Waals surface area contributed by atoms with Gasteiger partial charge in [0.05, 0.1) is 4.47 Å². The highest BCUT2D eigenvalue weighted by Crippen LogP contribution is 2.29. The Balaban J connectivity index is 2.21. The maximum atomic E-state index is 13.3. The van der Waals surface area contributed by atoms with E-state index in [1.165, 1.54) is 6.07 Å². The van der Waals surface area contributed by atoms with Crippen LogP contribution in [0, 0.1) is 5.82 Å². The van der Waals surface area contributed by atoms with Crippen molar-refractivity contribution in [3.05, 3.63) is 34.1 Å². The van der Waals surface area contributed by atoms with Crippen molar-refractivity contribution in [1.29, 1.82) is 0 Å². The predicted molar refractivity (Wildman–Crippen MR) is 85.3 cm³/mol. The van der Waals surface area contributed by atoms with Crippen LogP contribution in [0.4, 0.5) is 4.39 Å². The molecule has 1 fully saturated rings. The van der Waals surface area contributed by atoms with E-state index >= 15 is 0 Å². The first kappa shape index (κ1) is 15.9. The van der Waals surface area contributed by atoms with E-state index in [1.807, 2.05) is 12.1 Å². The van der Waals surface area contributed by atoms with Crippen molar-refractivity contribution in [2.45, 2.75) is 51.7 Å². The van der Waals surface area contributed by atoms with Crippen molar-refractivity contribution >= 4 is 15.9 Å². The number of hydrogen-bond acceptors (Lipinski definition) is 2. The molecule has 0 amide bonds. The van der Waals surface area contributed by atoms with Gasteiger partial charge in [0.1, 0.15) is 5.82 Å². The van der Waals surface area contributed by atoms with Gasteiger partial charge < -0.3 is 5.32 Å². The smallest absolute Gasteiger partial charge is 0.137 e. The van der Waals surface area contributed by atoms with Crippen LogP contribution in [0.1, 0.15) is 39.7 Å². The molecule has 0 spiro atoms. The van der Waals surface area contributed by atoms with Gasteiger partial charge in [-0.1, -0.05) is 13.0 Å². The second kappa shape index (κ2) is 5.74. The van der Waals surface area contributed by atoms with E-state index in [0.717, 1.165) is 31.6 Å². The molecule has 0 saturated carbocycles. The van der Waals surface area contributed by atoms with Gasteiger partial charge in [-0.25, -0.2) is 4.39 Å². The third kappa shape index (κ3) is 3.41. The summed E-state index contributed by atoms with van der Waals surface area (Å²) in [5.41, 5.74) is 1.41. The molecule has 20 heavy (non-hydrogen) atoms. The number of nitrogens with one attached hydrogen (secondary N) is 1. The summed E-state index contributed by atoms with van der Waals surface area (Å²) in [6.07, 6.45) is 1.10. The van der Waals surface area contributed by atoms with Crippen LogP contribution in [-0.4, -0.2) is 29.1 Å². The van der Waals surface area contributed by atoms with Gasteiger partial charge in [-0.15, -0.1) is 0 Å². The van der Waals surface area contributed by atoms with Crippen LogP contribution in [0.5, 0.6) is 0 Å². The molecule has 1 saturated heterocycles. The first-order valence-corrected chi connectivity index (χ1v) is 7.99. The third-order valence-corrected chi connectivity index (χ3v) is 5.02. The summed E-state index contributed by atoms with van der Waals surface area (Å²) in [4.78, 5) is 2.52. The lowest BCUT2D eigenvalue weighted by molar-refractivity contribution is 0.0175. The normalized spacial score (nSPS) is 26.7. The molecule has 1 aliphatic heterocycles. The summed E-state index contributed by atoms with van der Waals surface area (Å²) in [5.74, 6) is -0.201. The van der Waals surface area contributed by atoms with Crippen molar-refractivity contribution in [2.75, 3.05) is 13.1 Å². The Morgan fingerprint density at radius 3 is 2.65 bits per heavy atom. The summed E-state index contributed by atoms with van der Waals surface area (Å²) >= 11 is 3.27. The molecule has 1 atom stereocenters. The largest absolute Gasteiger partial charge is 0.309 e. The molecule has 2 nitrogen and oxygen atoms in total. The van der Waals surface area contributed by atoms with Gasteiger partial charge in [0, 0.05) is 30.7 Å². The van der Waals surface area contributed by atoms with Crippen LogP contribution in [0.25, 0.3) is 0 Å². The lowest BCUT2D eigenvalue weighted by Gasteiger charge is -2.51. The number of hydrogen-bond donors (Lipinski definition) is 1. The maximum absolute atomic E-state index is 13.3. The minimum absolute atomic E-state index is 0.117. The van der Waals surface area contributed by atoms with Gasteiger partial charge in [-0.05, 0) is 60.8 Å². The van der Waals surface area contributed by atoms with E-state index in [1.54, 1.807) is 0 Å². The van der Waals surface area contributed by atoms with Crippen LogP contribution in [0.15, 0.2) is 22.7 Å². The van der Waals surface area contributed by atoms with Crippen LogP contribution in [0.2, 0.25) is 0 Å². The van der Waals surface area contributed by atoms with E-state index in [4.69, 9.17) is 0 Å². The van der Waals surface area contributed by atoms with Crippen LogP contribution >= 0.6 is 15.9 Å². The fourth-order valence-corrected chi connectivity index (χ4v) is 3.15. The van der Waals surface area contributed by atoms with Crippen LogP contribution in [0.3, 0.4) is 0 Å². The Bertz CT molecular complexity index is 489. The van der Waals surface area contributed by atoms with Crippen LogP contribution in [-0.2, 0) is 6.54 Å². The van der Waals surface area contributed by atoms with E-state index < -0.39 is 0 Å². The number of benzene rings is 1. The number of rotatable bonds is 3. The Hall–Kier alpha value is -0.450. The van der Waals surface area contributed by atoms with Crippen molar-refractivity contribution in [3.8, 4) is 0 Å².